The van der Waals surface area contributed by atoms with E-state index < -0.39 is 60.6 Å². The van der Waals surface area contributed by atoms with E-state index in [0.717, 1.165) is 25.3 Å². The molecule has 200 valence electrons. The van der Waals surface area contributed by atoms with Gasteiger partial charge in [-0.25, -0.2) is 9.79 Å². The molecule has 0 saturated carbocycles. The van der Waals surface area contributed by atoms with Crippen LogP contribution in [0.5, 0.6) is 0 Å². The summed E-state index contributed by atoms with van der Waals surface area (Å²) in [7, 11) is 0. The van der Waals surface area contributed by atoms with Crippen molar-refractivity contribution in [1.82, 2.24) is 5.32 Å². The normalized spacial score (nSPS) is 21.1. The van der Waals surface area contributed by atoms with Crippen LogP contribution >= 0.6 is 0 Å². The number of nitrogens with two attached hydrogens (primary N) is 2. The number of hydrogen-bond acceptors (Lipinski definition) is 8. The molecule has 12 nitrogen and oxygen atoms in total. The number of nitrogens with zero attached hydrogens (tertiary/aromatic N) is 1. The third-order valence-electron chi connectivity index (χ3n) is 5.57. The van der Waals surface area contributed by atoms with Gasteiger partial charge in [0, 0.05) is 13.3 Å². The minimum atomic E-state index is -1.73. The van der Waals surface area contributed by atoms with E-state index in [-0.39, 0.29) is 12.4 Å². The molecule has 1 rings (SSSR count). The molecule has 1 aliphatic rings. The number of esters is 1. The molecule has 1 amide bonds. The maximum atomic E-state index is 12.0. The molecule has 0 radical (unpaired) electrons. The quantitative estimate of drug-likeness (QED) is 0.0739. The first-order valence-corrected chi connectivity index (χ1v) is 12.1. The molecule has 0 aromatic heterocycles. The van der Waals surface area contributed by atoms with Gasteiger partial charge in [0.05, 0.1) is 12.1 Å². The average molecular weight is 501 g/mol. The first kappa shape index (κ1) is 30.2. The highest BCUT2D eigenvalue weighted by Crippen LogP contribution is 2.25. The molecule has 0 saturated heterocycles. The number of guanidine groups is 1. The first-order valence-electron chi connectivity index (χ1n) is 12.1. The van der Waals surface area contributed by atoms with E-state index in [4.69, 9.17) is 20.9 Å². The summed E-state index contributed by atoms with van der Waals surface area (Å²) in [4.78, 5) is 39.1. The highest BCUT2D eigenvalue weighted by Gasteiger charge is 2.44. The fourth-order valence-electron chi connectivity index (χ4n) is 3.78. The molecule has 1 aliphatic heterocycles. The molecule has 3 unspecified atom stereocenters. The van der Waals surface area contributed by atoms with Crippen LogP contribution in [0.15, 0.2) is 16.8 Å². The van der Waals surface area contributed by atoms with Gasteiger partial charge in [0.15, 0.2) is 5.96 Å². The molecule has 8 N–H and O–H groups in total. The molecule has 35 heavy (non-hydrogen) atoms. The Morgan fingerprint density at radius 2 is 1.71 bits per heavy atom. The number of carboxylic acid groups (broad SMARTS) is 1. The standard InChI is InChI=1S/C23H40N4O8/c1-3-4-5-6-7-8-9-10-11-18(30)34-13-16(29)20(31)21-19(26-14(2)28)15(27-23(24)25)12-17(35-21)22(32)33/h12,15-16,19-21,29,31H,3-11,13H2,1-2H3,(H,26,28)(H,32,33)(H4,24,25,27)/t15-,16+,19?,20?,21?/m0/s1. The Bertz CT molecular complexity index is 754. The minimum Gasteiger partial charge on any atom is -0.478 e. The van der Waals surface area contributed by atoms with Gasteiger partial charge in [-0.1, -0.05) is 51.9 Å². The number of ether oxygens (including phenoxy) is 2. The van der Waals surface area contributed by atoms with Crippen LogP contribution in [0, 0.1) is 0 Å². The second-order valence-corrected chi connectivity index (χ2v) is 8.66. The number of unbranched alkanes of at least 4 members (excludes halogenated alkanes) is 7. The van der Waals surface area contributed by atoms with Crippen LogP contribution in [0.2, 0.25) is 0 Å². The summed E-state index contributed by atoms with van der Waals surface area (Å²) < 4.78 is 10.4. The van der Waals surface area contributed by atoms with Crippen molar-refractivity contribution >= 4 is 23.8 Å². The zero-order valence-electron chi connectivity index (χ0n) is 20.5. The Kier molecular flexibility index (Phi) is 13.7. The third kappa shape index (κ3) is 11.4. The molecule has 12 heteroatoms. The van der Waals surface area contributed by atoms with Crippen molar-refractivity contribution in [3.8, 4) is 0 Å². The fraction of sp³-hybridized carbons (Fsp3) is 0.739. The van der Waals surface area contributed by atoms with E-state index in [2.05, 4.69) is 17.2 Å². The zero-order chi connectivity index (χ0) is 26.4. The van der Waals surface area contributed by atoms with Crippen LogP contribution in [-0.2, 0) is 23.9 Å². The van der Waals surface area contributed by atoms with E-state index in [0.29, 0.717) is 6.42 Å². The van der Waals surface area contributed by atoms with Gasteiger partial charge >= 0.3 is 11.9 Å². The molecule has 5 atom stereocenters. The van der Waals surface area contributed by atoms with Gasteiger partial charge in [-0.05, 0) is 12.5 Å². The SMILES string of the molecule is CCCCCCCCCCC(=O)OC[C@@H](O)C(O)C1OC(C(=O)O)=C[C@H](N=C(N)N)C1NC(C)=O. The smallest absolute Gasteiger partial charge is 0.370 e. The summed E-state index contributed by atoms with van der Waals surface area (Å²) in [6.45, 7) is 2.83. The number of carbonyl (C=O) groups is 3. The van der Waals surface area contributed by atoms with Crippen LogP contribution < -0.4 is 16.8 Å². The van der Waals surface area contributed by atoms with Crippen LogP contribution in [0.25, 0.3) is 0 Å². The molecule has 0 aromatic carbocycles. The average Bonchev–Trinajstić information content (AvgIpc) is 2.78. The molecule has 1 heterocycles. The Balaban J connectivity index is 2.66. The van der Waals surface area contributed by atoms with E-state index in [1.807, 2.05) is 0 Å². The molecule has 0 aromatic rings. The Morgan fingerprint density at radius 1 is 1.11 bits per heavy atom. The van der Waals surface area contributed by atoms with Gasteiger partial charge < -0.3 is 41.6 Å². The zero-order valence-corrected chi connectivity index (χ0v) is 20.5. The van der Waals surface area contributed by atoms with Crippen molar-refractivity contribution < 1.29 is 39.2 Å². The summed E-state index contributed by atoms with van der Waals surface area (Å²) in [5.41, 5.74) is 10.8. The number of nitrogens with one attached hydrogen (secondary N) is 1. The molecular weight excluding hydrogens is 460 g/mol. The van der Waals surface area contributed by atoms with E-state index >= 15 is 0 Å². The number of hydrogen-bond donors (Lipinski definition) is 6. The van der Waals surface area contributed by atoms with Gasteiger partial charge in [-0.15, -0.1) is 0 Å². The molecule has 0 fully saturated rings. The summed E-state index contributed by atoms with van der Waals surface area (Å²) >= 11 is 0. The Morgan fingerprint density at radius 3 is 2.26 bits per heavy atom. The maximum Gasteiger partial charge on any atom is 0.370 e. The fourth-order valence-corrected chi connectivity index (χ4v) is 3.78. The number of amides is 1. The maximum absolute atomic E-state index is 12.0. The first-order chi connectivity index (χ1) is 16.6. The third-order valence-corrected chi connectivity index (χ3v) is 5.57. The summed E-state index contributed by atoms with van der Waals surface area (Å²) in [6.07, 6.45) is 5.05. The van der Waals surface area contributed by atoms with Crippen molar-refractivity contribution in [3.05, 3.63) is 11.8 Å². The van der Waals surface area contributed by atoms with E-state index in [1.165, 1.54) is 32.6 Å². The second-order valence-electron chi connectivity index (χ2n) is 8.66. The van der Waals surface area contributed by atoms with Gasteiger partial charge in [0.2, 0.25) is 11.7 Å². The van der Waals surface area contributed by atoms with Crippen LogP contribution in [0.4, 0.5) is 0 Å². The molecule has 0 aliphatic carbocycles. The number of aliphatic hydroxyl groups excluding tert-OH is 2. The number of aliphatic imine (C=N–C) groups is 1. The lowest BCUT2D eigenvalue weighted by Gasteiger charge is -2.38. The van der Waals surface area contributed by atoms with Crippen LogP contribution in [-0.4, -0.2) is 76.1 Å². The lowest BCUT2D eigenvalue weighted by Crippen LogP contribution is -2.60. The summed E-state index contributed by atoms with van der Waals surface area (Å²) in [6, 6.07) is -2.18. The number of aliphatic hydroxyl groups is 2. The van der Waals surface area contributed by atoms with Gasteiger partial charge in [0.1, 0.15) is 24.9 Å². The highest BCUT2D eigenvalue weighted by atomic mass is 16.6. The second kappa shape index (κ2) is 15.9. The summed E-state index contributed by atoms with van der Waals surface area (Å²) in [5.74, 6) is -3.44. The number of aliphatic carboxylic acids is 1. The molecule has 0 bridgehead atoms. The van der Waals surface area contributed by atoms with Crippen LogP contribution in [0.3, 0.4) is 0 Å². The largest absolute Gasteiger partial charge is 0.478 e. The number of rotatable bonds is 16. The van der Waals surface area contributed by atoms with Crippen molar-refractivity contribution in [3.63, 3.8) is 0 Å². The van der Waals surface area contributed by atoms with Gasteiger partial charge in [-0.2, -0.15) is 0 Å². The number of carboxylic acids is 1. The molecule has 0 spiro atoms. The van der Waals surface area contributed by atoms with Crippen molar-refractivity contribution in [2.24, 2.45) is 16.5 Å². The Hall–Kier alpha value is -2.86. The van der Waals surface area contributed by atoms with E-state index in [9.17, 15) is 29.7 Å². The van der Waals surface area contributed by atoms with Crippen molar-refractivity contribution in [2.45, 2.75) is 102 Å². The number of carbonyl (C=O) groups excluding carboxylic acids is 2. The van der Waals surface area contributed by atoms with Crippen molar-refractivity contribution in [1.29, 1.82) is 0 Å². The predicted molar refractivity (Wildman–Crippen MR) is 128 cm³/mol. The molecular formula is C23H40N4O8. The Labute approximate surface area is 205 Å². The summed E-state index contributed by atoms with van der Waals surface area (Å²) in [5, 5.41) is 32.9. The topological polar surface area (TPSA) is 207 Å². The minimum absolute atomic E-state index is 0.185. The van der Waals surface area contributed by atoms with Gasteiger partial charge in [-0.3, -0.25) is 9.59 Å². The highest BCUT2D eigenvalue weighted by molar-refractivity contribution is 5.85. The lowest BCUT2D eigenvalue weighted by molar-refractivity contribution is -0.156. The van der Waals surface area contributed by atoms with Crippen LogP contribution in [0.1, 0.15) is 71.6 Å². The predicted octanol–water partition coefficient (Wildman–Crippen LogP) is 0.296. The lowest BCUT2D eigenvalue weighted by atomic mass is 9.92. The monoisotopic (exact) mass is 500 g/mol. The van der Waals surface area contributed by atoms with Crippen molar-refractivity contribution in [2.75, 3.05) is 6.61 Å². The van der Waals surface area contributed by atoms with E-state index in [1.54, 1.807) is 0 Å². The van der Waals surface area contributed by atoms with Gasteiger partial charge in [0.25, 0.3) is 0 Å².